The fourth-order valence-electron chi connectivity index (χ4n) is 4.63. The zero-order valence-corrected chi connectivity index (χ0v) is 16.2. The molecule has 0 amide bonds. The number of aromatic nitrogens is 2. The molecule has 2 fully saturated rings. The van der Waals surface area contributed by atoms with Crippen molar-refractivity contribution in [3.63, 3.8) is 0 Å². The third-order valence-electron chi connectivity index (χ3n) is 6.47. The van der Waals surface area contributed by atoms with Crippen molar-refractivity contribution in [2.24, 2.45) is 5.92 Å². The maximum Gasteiger partial charge on any atom is 0.140 e. The molecule has 0 aliphatic heterocycles. The molecule has 2 nitrogen and oxygen atoms in total. The number of imidazole rings is 1. The predicted molar refractivity (Wildman–Crippen MR) is 111 cm³/mol. The summed E-state index contributed by atoms with van der Waals surface area (Å²) < 4.78 is 15.6. The smallest absolute Gasteiger partial charge is 0.140 e. The van der Waals surface area contributed by atoms with Gasteiger partial charge in [0.25, 0.3) is 0 Å². The molecule has 1 aromatic heterocycles. The molecule has 0 unspecified atom stereocenters. The van der Waals surface area contributed by atoms with Crippen LogP contribution in [-0.2, 0) is 6.54 Å². The number of nitrogens with zero attached hydrogens (tertiary/aromatic N) is 2. The molecule has 3 aromatic rings. The van der Waals surface area contributed by atoms with Crippen LogP contribution in [0.2, 0.25) is 0 Å². The van der Waals surface area contributed by atoms with Gasteiger partial charge in [-0.05, 0) is 68.1 Å². The van der Waals surface area contributed by atoms with Gasteiger partial charge in [-0.15, -0.1) is 0 Å². The highest BCUT2D eigenvalue weighted by Crippen LogP contribution is 2.41. The Morgan fingerprint density at radius 3 is 2.18 bits per heavy atom. The number of hydrogen-bond acceptors (Lipinski definition) is 1. The maximum atomic E-state index is 13.2. The molecule has 3 heteroatoms. The molecule has 5 rings (SSSR count). The van der Waals surface area contributed by atoms with Crippen LogP contribution in [0.4, 0.5) is 4.39 Å². The Hall–Kier alpha value is -2.42. The summed E-state index contributed by atoms with van der Waals surface area (Å²) in [5, 5.41) is 0. The summed E-state index contributed by atoms with van der Waals surface area (Å²) in [4.78, 5) is 5.11. The van der Waals surface area contributed by atoms with Gasteiger partial charge in [0.05, 0.1) is 5.69 Å². The van der Waals surface area contributed by atoms with Gasteiger partial charge in [0.2, 0.25) is 0 Å². The van der Waals surface area contributed by atoms with Gasteiger partial charge in [0.15, 0.2) is 0 Å². The van der Waals surface area contributed by atoms with Crippen molar-refractivity contribution >= 4 is 0 Å². The zero-order valence-electron chi connectivity index (χ0n) is 16.2. The number of benzene rings is 2. The van der Waals surface area contributed by atoms with E-state index in [-0.39, 0.29) is 5.82 Å². The second-order valence-electron chi connectivity index (χ2n) is 8.55. The molecule has 0 spiro atoms. The van der Waals surface area contributed by atoms with Crippen molar-refractivity contribution in [3.8, 4) is 11.4 Å². The summed E-state index contributed by atoms with van der Waals surface area (Å²) >= 11 is 0. The molecule has 0 N–H and O–H groups in total. The van der Waals surface area contributed by atoms with Crippen LogP contribution in [0.1, 0.15) is 61.6 Å². The molecule has 0 atom stereocenters. The van der Waals surface area contributed by atoms with Gasteiger partial charge in [-0.3, -0.25) is 0 Å². The standard InChI is InChI=1S/C25H27FN2/c26-23-14-12-20(13-15-23)19-8-10-21(11-9-19)24-17-28(16-18-6-7-18)25(27-24)22-4-2-1-3-5-22/h1-5,12-15,17-19,21H,6-11,16H2. The molecule has 0 saturated heterocycles. The van der Waals surface area contributed by atoms with Crippen molar-refractivity contribution in [1.29, 1.82) is 0 Å². The van der Waals surface area contributed by atoms with Crippen LogP contribution in [0.15, 0.2) is 60.8 Å². The summed E-state index contributed by atoms with van der Waals surface area (Å²) in [5.41, 5.74) is 3.76. The summed E-state index contributed by atoms with van der Waals surface area (Å²) in [6, 6.07) is 17.7. The zero-order chi connectivity index (χ0) is 18.9. The summed E-state index contributed by atoms with van der Waals surface area (Å²) in [6.45, 7) is 1.10. The lowest BCUT2D eigenvalue weighted by Gasteiger charge is -2.27. The molecule has 2 aromatic carbocycles. The first kappa shape index (κ1) is 17.7. The van der Waals surface area contributed by atoms with E-state index < -0.39 is 0 Å². The monoisotopic (exact) mass is 374 g/mol. The van der Waals surface area contributed by atoms with Gasteiger partial charge < -0.3 is 4.57 Å². The first-order valence-corrected chi connectivity index (χ1v) is 10.6. The Bertz CT molecular complexity index is 917. The second-order valence-corrected chi connectivity index (χ2v) is 8.55. The Labute approximate surface area is 166 Å². The fourth-order valence-corrected chi connectivity index (χ4v) is 4.63. The van der Waals surface area contributed by atoms with Gasteiger partial charge in [0.1, 0.15) is 11.6 Å². The first-order valence-electron chi connectivity index (χ1n) is 10.6. The van der Waals surface area contributed by atoms with E-state index in [4.69, 9.17) is 4.98 Å². The lowest BCUT2D eigenvalue weighted by molar-refractivity contribution is 0.391. The lowest BCUT2D eigenvalue weighted by Crippen LogP contribution is -2.12. The van der Waals surface area contributed by atoms with Crippen LogP contribution in [0.5, 0.6) is 0 Å². The van der Waals surface area contributed by atoms with E-state index >= 15 is 0 Å². The Kier molecular flexibility index (Phi) is 4.76. The SMILES string of the molecule is Fc1ccc(C2CCC(c3cn(CC4CC4)c(-c4ccccc4)n3)CC2)cc1. The molecule has 28 heavy (non-hydrogen) atoms. The largest absolute Gasteiger partial charge is 0.330 e. The summed E-state index contributed by atoms with van der Waals surface area (Å²) in [5.74, 6) is 2.91. The minimum atomic E-state index is -0.146. The third kappa shape index (κ3) is 3.76. The van der Waals surface area contributed by atoms with Crippen LogP contribution in [0.25, 0.3) is 11.4 Å². The number of halogens is 1. The minimum absolute atomic E-state index is 0.146. The van der Waals surface area contributed by atoms with Crippen molar-refractivity contribution in [1.82, 2.24) is 9.55 Å². The van der Waals surface area contributed by atoms with Crippen molar-refractivity contribution in [2.45, 2.75) is 56.9 Å². The Balaban J connectivity index is 1.34. The molecule has 0 radical (unpaired) electrons. The molecule has 2 aliphatic carbocycles. The van der Waals surface area contributed by atoms with Gasteiger partial charge in [-0.25, -0.2) is 9.37 Å². The Morgan fingerprint density at radius 2 is 1.50 bits per heavy atom. The average molecular weight is 375 g/mol. The first-order chi connectivity index (χ1) is 13.8. The second kappa shape index (κ2) is 7.54. The van der Waals surface area contributed by atoms with Gasteiger partial charge >= 0.3 is 0 Å². The summed E-state index contributed by atoms with van der Waals surface area (Å²) in [7, 11) is 0. The Morgan fingerprint density at radius 1 is 0.821 bits per heavy atom. The molecule has 0 bridgehead atoms. The normalized spacial score (nSPS) is 22.3. The van der Waals surface area contributed by atoms with E-state index in [0.29, 0.717) is 11.8 Å². The van der Waals surface area contributed by atoms with Gasteiger partial charge in [-0.1, -0.05) is 42.5 Å². The van der Waals surface area contributed by atoms with Crippen LogP contribution < -0.4 is 0 Å². The quantitative estimate of drug-likeness (QED) is 0.496. The van der Waals surface area contributed by atoms with Crippen LogP contribution in [0, 0.1) is 11.7 Å². The van der Waals surface area contributed by atoms with Crippen LogP contribution in [0.3, 0.4) is 0 Å². The highest BCUT2D eigenvalue weighted by molar-refractivity contribution is 5.56. The third-order valence-corrected chi connectivity index (χ3v) is 6.47. The van der Waals surface area contributed by atoms with Crippen LogP contribution >= 0.6 is 0 Å². The van der Waals surface area contributed by atoms with E-state index in [1.807, 2.05) is 12.1 Å². The molecular formula is C25H27FN2. The van der Waals surface area contributed by atoms with Gasteiger partial charge in [0, 0.05) is 24.2 Å². The van der Waals surface area contributed by atoms with Crippen molar-refractivity contribution in [2.75, 3.05) is 0 Å². The maximum absolute atomic E-state index is 13.2. The topological polar surface area (TPSA) is 17.8 Å². The van der Waals surface area contributed by atoms with E-state index in [2.05, 4.69) is 41.1 Å². The van der Waals surface area contributed by atoms with Crippen molar-refractivity contribution < 1.29 is 4.39 Å². The fraction of sp³-hybridized carbons (Fsp3) is 0.400. The molecule has 2 aliphatic rings. The highest BCUT2D eigenvalue weighted by Gasteiger charge is 2.28. The minimum Gasteiger partial charge on any atom is -0.330 e. The predicted octanol–water partition coefficient (Wildman–Crippen LogP) is 6.54. The average Bonchev–Trinajstić information content (AvgIpc) is 3.46. The lowest BCUT2D eigenvalue weighted by atomic mass is 9.78. The van der Waals surface area contributed by atoms with E-state index in [9.17, 15) is 4.39 Å². The van der Waals surface area contributed by atoms with E-state index in [1.54, 1.807) is 12.1 Å². The number of rotatable bonds is 5. The number of hydrogen-bond donors (Lipinski definition) is 0. The molecule has 2 saturated carbocycles. The highest BCUT2D eigenvalue weighted by atomic mass is 19.1. The molecule has 1 heterocycles. The van der Waals surface area contributed by atoms with Gasteiger partial charge in [-0.2, -0.15) is 0 Å². The molecule has 144 valence electrons. The van der Waals surface area contributed by atoms with Crippen molar-refractivity contribution in [3.05, 3.63) is 77.9 Å². The molecular weight excluding hydrogens is 347 g/mol. The van der Waals surface area contributed by atoms with E-state index in [0.717, 1.165) is 44.0 Å². The van der Waals surface area contributed by atoms with Crippen LogP contribution in [-0.4, -0.2) is 9.55 Å². The van der Waals surface area contributed by atoms with E-state index in [1.165, 1.54) is 29.7 Å². The summed E-state index contributed by atoms with van der Waals surface area (Å²) in [6.07, 6.45) is 9.67.